The summed E-state index contributed by atoms with van der Waals surface area (Å²) in [6, 6.07) is 10.9. The minimum Gasteiger partial charge on any atom is -0.489 e. The van der Waals surface area contributed by atoms with Gasteiger partial charge in [-0.3, -0.25) is 19.8 Å². The fourth-order valence-electron chi connectivity index (χ4n) is 3.35. The summed E-state index contributed by atoms with van der Waals surface area (Å²) in [5.41, 5.74) is 0.468. The Kier molecular flexibility index (Phi) is 7.67. The predicted molar refractivity (Wildman–Crippen MR) is 116 cm³/mol. The van der Waals surface area contributed by atoms with Crippen LogP contribution in [0.1, 0.15) is 13.3 Å². The minimum absolute atomic E-state index is 0.0193. The number of non-ortho nitro benzene ring substituents is 1. The van der Waals surface area contributed by atoms with Crippen molar-refractivity contribution in [2.24, 2.45) is 0 Å². The lowest BCUT2D eigenvalue weighted by atomic mass is 10.3. The first kappa shape index (κ1) is 22.8. The van der Waals surface area contributed by atoms with Crippen LogP contribution in [0.4, 0.5) is 11.4 Å². The van der Waals surface area contributed by atoms with Crippen LogP contribution in [-0.4, -0.2) is 59.3 Å². The summed E-state index contributed by atoms with van der Waals surface area (Å²) < 4.78 is 11.6. The molecule has 2 aromatic rings. The third-order valence-electron chi connectivity index (χ3n) is 4.73. The van der Waals surface area contributed by atoms with Gasteiger partial charge in [-0.25, -0.2) is 0 Å². The number of likely N-dealkylation sites (tertiary alicyclic amines) is 1. The summed E-state index contributed by atoms with van der Waals surface area (Å²) in [4.78, 5) is 23.7. The zero-order valence-electron chi connectivity index (χ0n) is 17.0. The number of hydrogen-bond donors (Lipinski definition) is 2. The maximum absolute atomic E-state index is 11.3. The number of nitrogens with one attached hydrogen (secondary N) is 1. The largest absolute Gasteiger partial charge is 0.489 e. The van der Waals surface area contributed by atoms with Gasteiger partial charge in [0.1, 0.15) is 30.3 Å². The van der Waals surface area contributed by atoms with Crippen LogP contribution in [0.15, 0.2) is 42.5 Å². The smallest absolute Gasteiger partial charge is 0.269 e. The SMILES string of the molecule is CC(=O)Nc1cc(Cl)ccc1OCC(O)CN1CCC(Oc2ccc([N+](=O)[O-])cc2)C1. The highest BCUT2D eigenvalue weighted by atomic mass is 35.5. The van der Waals surface area contributed by atoms with Gasteiger partial charge < -0.3 is 19.9 Å². The van der Waals surface area contributed by atoms with Gasteiger partial charge in [0.2, 0.25) is 5.91 Å². The van der Waals surface area contributed by atoms with Crippen LogP contribution in [0.5, 0.6) is 11.5 Å². The lowest BCUT2D eigenvalue weighted by Crippen LogP contribution is -2.35. The van der Waals surface area contributed by atoms with Gasteiger partial charge in [0, 0.05) is 43.7 Å². The van der Waals surface area contributed by atoms with Crippen molar-refractivity contribution in [3.63, 3.8) is 0 Å². The number of nitro benzene ring substituents is 1. The van der Waals surface area contributed by atoms with E-state index in [1.807, 2.05) is 0 Å². The zero-order chi connectivity index (χ0) is 22.4. The van der Waals surface area contributed by atoms with Gasteiger partial charge >= 0.3 is 0 Å². The molecule has 1 aliphatic heterocycles. The average Bonchev–Trinajstić information content (AvgIpc) is 3.14. The molecule has 0 bridgehead atoms. The molecular formula is C21H24ClN3O6. The molecule has 2 N–H and O–H groups in total. The van der Waals surface area contributed by atoms with E-state index in [1.54, 1.807) is 30.3 Å². The molecule has 1 saturated heterocycles. The summed E-state index contributed by atoms with van der Waals surface area (Å²) in [5.74, 6) is 0.762. The molecule has 1 heterocycles. The number of hydrogen-bond acceptors (Lipinski definition) is 7. The molecule has 2 aromatic carbocycles. The molecule has 9 nitrogen and oxygen atoms in total. The second-order valence-electron chi connectivity index (χ2n) is 7.33. The standard InChI is InChI=1S/C21H24ClN3O6/c1-14(26)23-20-10-15(22)2-7-21(20)30-13-17(27)11-24-9-8-19(12-24)31-18-5-3-16(4-6-18)25(28)29/h2-7,10,17,19,27H,8-9,11-13H2,1H3,(H,23,26). The van der Waals surface area contributed by atoms with Crippen LogP contribution < -0.4 is 14.8 Å². The molecule has 0 saturated carbocycles. The Labute approximate surface area is 184 Å². The van der Waals surface area contributed by atoms with Crippen molar-refractivity contribution in [1.29, 1.82) is 0 Å². The van der Waals surface area contributed by atoms with Gasteiger partial charge in [0.25, 0.3) is 5.69 Å². The first-order valence-corrected chi connectivity index (χ1v) is 10.2. The molecule has 1 fully saturated rings. The van der Waals surface area contributed by atoms with Crippen molar-refractivity contribution in [3.05, 3.63) is 57.6 Å². The van der Waals surface area contributed by atoms with Gasteiger partial charge in [-0.15, -0.1) is 0 Å². The van der Waals surface area contributed by atoms with Gasteiger partial charge in [0.05, 0.1) is 10.6 Å². The monoisotopic (exact) mass is 449 g/mol. The third-order valence-corrected chi connectivity index (χ3v) is 4.97. The normalized spacial score (nSPS) is 17.2. The zero-order valence-corrected chi connectivity index (χ0v) is 17.7. The van der Waals surface area contributed by atoms with Crippen LogP contribution in [0.25, 0.3) is 0 Å². The number of aliphatic hydroxyl groups is 1. The van der Waals surface area contributed by atoms with Crippen LogP contribution in [-0.2, 0) is 4.79 Å². The summed E-state index contributed by atoms with van der Waals surface area (Å²) in [6.45, 7) is 3.24. The number of carbonyl (C=O) groups excluding carboxylic acids is 1. The highest BCUT2D eigenvalue weighted by Gasteiger charge is 2.26. The topological polar surface area (TPSA) is 114 Å². The van der Waals surface area contributed by atoms with Crippen molar-refractivity contribution >= 4 is 28.9 Å². The molecule has 1 amide bonds. The van der Waals surface area contributed by atoms with Crippen LogP contribution >= 0.6 is 11.6 Å². The van der Waals surface area contributed by atoms with Gasteiger partial charge in [-0.05, 0) is 36.8 Å². The first-order chi connectivity index (χ1) is 14.8. The fraction of sp³-hybridized carbons (Fsp3) is 0.381. The summed E-state index contributed by atoms with van der Waals surface area (Å²) >= 11 is 5.96. The van der Waals surface area contributed by atoms with E-state index in [9.17, 15) is 20.0 Å². The van der Waals surface area contributed by atoms with Crippen LogP contribution in [0, 0.1) is 10.1 Å². The molecule has 166 valence electrons. The number of carbonyl (C=O) groups is 1. The average molecular weight is 450 g/mol. The number of β-amino-alcohol motifs (C(OH)–C–C–N with tert-alkyl or cyclic N) is 1. The number of rotatable bonds is 9. The summed E-state index contributed by atoms with van der Waals surface area (Å²) in [5, 5.41) is 24.2. The highest BCUT2D eigenvalue weighted by Crippen LogP contribution is 2.28. The van der Waals surface area contributed by atoms with Crippen molar-refractivity contribution in [1.82, 2.24) is 4.90 Å². The Morgan fingerprint density at radius 2 is 2.10 bits per heavy atom. The van der Waals surface area contributed by atoms with Gasteiger partial charge in [-0.2, -0.15) is 0 Å². The molecule has 0 aromatic heterocycles. The van der Waals surface area contributed by atoms with E-state index in [0.717, 1.165) is 13.0 Å². The van der Waals surface area contributed by atoms with Gasteiger partial charge in [-0.1, -0.05) is 11.6 Å². The van der Waals surface area contributed by atoms with E-state index in [0.29, 0.717) is 35.3 Å². The number of amides is 1. The number of anilines is 1. The Bertz CT molecular complexity index is 924. The molecule has 10 heteroatoms. The molecule has 2 atom stereocenters. The maximum atomic E-state index is 11.3. The van der Waals surface area contributed by atoms with Crippen molar-refractivity contribution in [3.8, 4) is 11.5 Å². The van der Waals surface area contributed by atoms with Crippen LogP contribution in [0.2, 0.25) is 5.02 Å². The fourth-order valence-corrected chi connectivity index (χ4v) is 3.52. The van der Waals surface area contributed by atoms with Crippen LogP contribution in [0.3, 0.4) is 0 Å². The number of halogens is 1. The lowest BCUT2D eigenvalue weighted by molar-refractivity contribution is -0.384. The second-order valence-corrected chi connectivity index (χ2v) is 7.76. The number of nitro groups is 1. The third kappa shape index (κ3) is 6.81. The van der Waals surface area contributed by atoms with E-state index < -0.39 is 11.0 Å². The predicted octanol–water partition coefficient (Wildman–Crippen LogP) is 3.10. The lowest BCUT2D eigenvalue weighted by Gasteiger charge is -2.21. The van der Waals surface area contributed by atoms with Crippen molar-refractivity contribution in [2.45, 2.75) is 25.6 Å². The Morgan fingerprint density at radius 3 is 2.77 bits per heavy atom. The van der Waals surface area contributed by atoms with E-state index in [2.05, 4.69) is 10.2 Å². The summed E-state index contributed by atoms with van der Waals surface area (Å²) in [6.07, 6.45) is -0.00905. The Morgan fingerprint density at radius 1 is 1.35 bits per heavy atom. The second kappa shape index (κ2) is 10.4. The quantitative estimate of drug-likeness (QED) is 0.446. The van der Waals surface area contributed by atoms with E-state index in [1.165, 1.54) is 19.1 Å². The molecule has 31 heavy (non-hydrogen) atoms. The van der Waals surface area contributed by atoms with Gasteiger partial charge in [0.15, 0.2) is 0 Å². The maximum Gasteiger partial charge on any atom is 0.269 e. The molecule has 0 aliphatic carbocycles. The molecule has 0 spiro atoms. The van der Waals surface area contributed by atoms with E-state index in [4.69, 9.17) is 21.1 Å². The first-order valence-electron chi connectivity index (χ1n) is 9.81. The molecule has 3 rings (SSSR count). The molecule has 2 unspecified atom stereocenters. The van der Waals surface area contributed by atoms with Crippen molar-refractivity contribution < 1.29 is 24.3 Å². The highest BCUT2D eigenvalue weighted by molar-refractivity contribution is 6.31. The number of aliphatic hydroxyl groups excluding tert-OH is 1. The Balaban J connectivity index is 1.46. The van der Waals surface area contributed by atoms with E-state index >= 15 is 0 Å². The summed E-state index contributed by atoms with van der Waals surface area (Å²) in [7, 11) is 0. The molecular weight excluding hydrogens is 426 g/mol. The van der Waals surface area contributed by atoms with Crippen molar-refractivity contribution in [2.75, 3.05) is 31.6 Å². The molecule has 0 radical (unpaired) electrons. The number of ether oxygens (including phenoxy) is 2. The Hall–Kier alpha value is -2.88. The minimum atomic E-state index is -0.737. The molecule has 1 aliphatic rings. The number of benzene rings is 2. The number of nitrogens with zero attached hydrogens (tertiary/aromatic N) is 2. The van der Waals surface area contributed by atoms with E-state index in [-0.39, 0.29) is 24.3 Å².